The Kier molecular flexibility index (Phi) is 5.03. The second kappa shape index (κ2) is 6.66. The molecule has 1 aromatic rings. The van der Waals surface area contributed by atoms with Crippen LogP contribution in [0.1, 0.15) is 18.4 Å². The highest BCUT2D eigenvalue weighted by Gasteiger charge is 2.33. The molecule has 1 N–H and O–H groups in total. The molecule has 1 fully saturated rings. The lowest BCUT2D eigenvalue weighted by Crippen LogP contribution is -2.42. The molecule has 2 rings (SSSR count). The maximum atomic E-state index is 14.1. The van der Waals surface area contributed by atoms with E-state index in [4.69, 9.17) is 5.11 Å². The number of aliphatic carboxylic acids is 1. The molecular formula is C15H18FNO5S. The van der Waals surface area contributed by atoms with Crippen LogP contribution >= 0.6 is 0 Å². The van der Waals surface area contributed by atoms with Crippen molar-refractivity contribution in [2.75, 3.05) is 23.0 Å². The van der Waals surface area contributed by atoms with Crippen molar-refractivity contribution in [1.29, 1.82) is 0 Å². The predicted octanol–water partition coefficient (Wildman–Crippen LogP) is 1.38. The number of hydrogen-bond donors (Lipinski definition) is 1. The van der Waals surface area contributed by atoms with E-state index in [2.05, 4.69) is 0 Å². The van der Waals surface area contributed by atoms with Crippen molar-refractivity contribution in [3.8, 4) is 0 Å². The first-order valence-corrected chi connectivity index (χ1v) is 9.01. The van der Waals surface area contributed by atoms with E-state index in [0.717, 1.165) is 4.90 Å². The Morgan fingerprint density at radius 2 is 1.91 bits per heavy atom. The number of anilines is 1. The smallest absolute Gasteiger partial charge is 0.323 e. The molecule has 1 aliphatic heterocycles. The third-order valence-electron chi connectivity index (χ3n) is 3.86. The molecule has 1 amide bonds. The molecule has 23 heavy (non-hydrogen) atoms. The molecule has 1 aromatic carbocycles. The molecule has 0 aliphatic carbocycles. The third-order valence-corrected chi connectivity index (χ3v) is 5.57. The molecular weight excluding hydrogens is 325 g/mol. The fourth-order valence-electron chi connectivity index (χ4n) is 2.61. The van der Waals surface area contributed by atoms with Gasteiger partial charge in [0.25, 0.3) is 0 Å². The maximum Gasteiger partial charge on any atom is 0.323 e. The number of hydrogen-bond acceptors (Lipinski definition) is 4. The van der Waals surface area contributed by atoms with Crippen molar-refractivity contribution in [3.63, 3.8) is 0 Å². The number of rotatable bonds is 4. The highest BCUT2D eigenvalue weighted by molar-refractivity contribution is 7.91. The topological polar surface area (TPSA) is 91.8 Å². The van der Waals surface area contributed by atoms with Gasteiger partial charge < -0.3 is 5.11 Å². The van der Waals surface area contributed by atoms with E-state index in [1.54, 1.807) is 13.0 Å². The first-order chi connectivity index (χ1) is 10.7. The number of carboxylic acid groups (broad SMARTS) is 1. The van der Waals surface area contributed by atoms with Crippen LogP contribution in [-0.4, -0.2) is 43.5 Å². The van der Waals surface area contributed by atoms with E-state index in [1.165, 1.54) is 12.1 Å². The summed E-state index contributed by atoms with van der Waals surface area (Å²) in [6.07, 6.45) is 0.259. The molecule has 8 heteroatoms. The number of halogens is 1. The van der Waals surface area contributed by atoms with E-state index in [1.807, 2.05) is 0 Å². The van der Waals surface area contributed by atoms with Gasteiger partial charge in [-0.1, -0.05) is 6.07 Å². The number of amides is 1. The molecule has 0 radical (unpaired) electrons. The largest absolute Gasteiger partial charge is 0.480 e. The summed E-state index contributed by atoms with van der Waals surface area (Å²) in [6.45, 7) is 1.02. The van der Waals surface area contributed by atoms with Crippen molar-refractivity contribution >= 4 is 27.4 Å². The van der Waals surface area contributed by atoms with E-state index >= 15 is 0 Å². The molecule has 0 saturated carbocycles. The quantitative estimate of drug-likeness (QED) is 0.892. The summed E-state index contributed by atoms with van der Waals surface area (Å²) in [4.78, 5) is 24.5. The number of carbonyl (C=O) groups excluding carboxylic acids is 1. The van der Waals surface area contributed by atoms with Gasteiger partial charge in [0.2, 0.25) is 5.91 Å². The van der Waals surface area contributed by atoms with Gasteiger partial charge in [-0.05, 0) is 37.5 Å². The number of carbonyl (C=O) groups is 2. The van der Waals surface area contributed by atoms with E-state index in [9.17, 15) is 22.4 Å². The van der Waals surface area contributed by atoms with Crippen LogP contribution in [0.5, 0.6) is 0 Å². The highest BCUT2D eigenvalue weighted by Crippen LogP contribution is 2.26. The van der Waals surface area contributed by atoms with E-state index < -0.39 is 40.0 Å². The molecule has 1 heterocycles. The molecule has 0 atom stereocenters. The summed E-state index contributed by atoms with van der Waals surface area (Å²) in [5.41, 5.74) is 0.550. The first kappa shape index (κ1) is 17.4. The lowest BCUT2D eigenvalue weighted by molar-refractivity contribution is -0.137. The summed E-state index contributed by atoms with van der Waals surface area (Å²) >= 11 is 0. The number of sulfone groups is 1. The van der Waals surface area contributed by atoms with Crippen LogP contribution in [0.15, 0.2) is 18.2 Å². The predicted molar refractivity (Wildman–Crippen MR) is 82.5 cm³/mol. The van der Waals surface area contributed by atoms with Gasteiger partial charge in [0.05, 0.1) is 17.2 Å². The zero-order valence-electron chi connectivity index (χ0n) is 12.7. The molecule has 0 aromatic heterocycles. The van der Waals surface area contributed by atoms with Gasteiger partial charge in [-0.15, -0.1) is 0 Å². The van der Waals surface area contributed by atoms with Crippen LogP contribution in [0.25, 0.3) is 0 Å². The zero-order chi connectivity index (χ0) is 17.2. The number of benzene rings is 1. The Hall–Kier alpha value is -1.96. The van der Waals surface area contributed by atoms with Crippen molar-refractivity contribution < 1.29 is 27.5 Å². The normalized spacial score (nSPS) is 17.7. The summed E-state index contributed by atoms with van der Waals surface area (Å²) in [7, 11) is -3.14. The molecule has 0 bridgehead atoms. The standard InChI is InChI=1S/C15H18FNO5S/c1-10-2-3-13(12(16)8-10)17(9-14(18)19)15(20)11-4-6-23(21,22)7-5-11/h2-3,8,11H,4-7,9H2,1H3,(H,18,19). The van der Waals surface area contributed by atoms with Crippen LogP contribution < -0.4 is 4.90 Å². The van der Waals surface area contributed by atoms with Gasteiger partial charge in [-0.3, -0.25) is 14.5 Å². The maximum absolute atomic E-state index is 14.1. The van der Waals surface area contributed by atoms with Crippen molar-refractivity contribution in [2.24, 2.45) is 5.92 Å². The van der Waals surface area contributed by atoms with Crippen molar-refractivity contribution in [2.45, 2.75) is 19.8 Å². The van der Waals surface area contributed by atoms with Crippen LogP contribution in [0.2, 0.25) is 0 Å². The number of carboxylic acids is 1. The average Bonchev–Trinajstić information content (AvgIpc) is 2.44. The second-order valence-electron chi connectivity index (χ2n) is 5.70. The van der Waals surface area contributed by atoms with E-state index in [-0.39, 0.29) is 30.0 Å². The molecule has 6 nitrogen and oxygen atoms in total. The minimum atomic E-state index is -3.14. The second-order valence-corrected chi connectivity index (χ2v) is 8.00. The minimum absolute atomic E-state index is 0.101. The lowest BCUT2D eigenvalue weighted by Gasteiger charge is -2.28. The Bertz CT molecular complexity index is 717. The molecule has 0 spiro atoms. The monoisotopic (exact) mass is 343 g/mol. The van der Waals surface area contributed by atoms with Crippen LogP contribution in [0, 0.1) is 18.7 Å². The highest BCUT2D eigenvalue weighted by atomic mass is 32.2. The van der Waals surface area contributed by atoms with Crippen LogP contribution in [0.4, 0.5) is 10.1 Å². The molecule has 1 saturated heterocycles. The van der Waals surface area contributed by atoms with Gasteiger partial charge in [-0.2, -0.15) is 0 Å². The van der Waals surface area contributed by atoms with Gasteiger partial charge in [0, 0.05) is 5.92 Å². The van der Waals surface area contributed by atoms with Gasteiger partial charge in [0.15, 0.2) is 0 Å². The third kappa shape index (κ3) is 4.28. The molecule has 0 unspecified atom stereocenters. The fraction of sp³-hybridized carbons (Fsp3) is 0.467. The number of nitrogens with zero attached hydrogens (tertiary/aromatic N) is 1. The molecule has 126 valence electrons. The lowest BCUT2D eigenvalue weighted by atomic mass is 10.0. The Morgan fingerprint density at radius 3 is 2.43 bits per heavy atom. The SMILES string of the molecule is Cc1ccc(N(CC(=O)O)C(=O)C2CCS(=O)(=O)CC2)c(F)c1. The summed E-state index contributed by atoms with van der Waals surface area (Å²) in [5.74, 6) is -3.32. The number of aryl methyl sites for hydroxylation is 1. The average molecular weight is 343 g/mol. The van der Waals surface area contributed by atoms with E-state index in [0.29, 0.717) is 5.56 Å². The fourth-order valence-corrected chi connectivity index (χ4v) is 4.10. The van der Waals surface area contributed by atoms with Gasteiger partial charge in [-0.25, -0.2) is 12.8 Å². The van der Waals surface area contributed by atoms with Crippen molar-refractivity contribution in [1.82, 2.24) is 0 Å². The first-order valence-electron chi connectivity index (χ1n) is 7.19. The minimum Gasteiger partial charge on any atom is -0.480 e. The molecule has 1 aliphatic rings. The van der Waals surface area contributed by atoms with Gasteiger partial charge >= 0.3 is 5.97 Å². The zero-order valence-corrected chi connectivity index (χ0v) is 13.5. The van der Waals surface area contributed by atoms with Crippen LogP contribution in [0.3, 0.4) is 0 Å². The summed E-state index contributed by atoms with van der Waals surface area (Å²) < 4.78 is 37.0. The summed E-state index contributed by atoms with van der Waals surface area (Å²) in [6, 6.07) is 4.18. The Labute approximate surface area is 133 Å². The Morgan fingerprint density at radius 1 is 1.30 bits per heavy atom. The summed E-state index contributed by atoms with van der Waals surface area (Å²) in [5, 5.41) is 9.01. The van der Waals surface area contributed by atoms with Crippen LogP contribution in [-0.2, 0) is 19.4 Å². The Balaban J connectivity index is 2.28. The van der Waals surface area contributed by atoms with Gasteiger partial charge in [0.1, 0.15) is 22.2 Å². The van der Waals surface area contributed by atoms with Crippen molar-refractivity contribution in [3.05, 3.63) is 29.6 Å².